The van der Waals surface area contributed by atoms with Gasteiger partial charge in [0, 0.05) is 35.6 Å². The molecule has 3 aromatic carbocycles. The van der Waals surface area contributed by atoms with E-state index in [9.17, 15) is 39.6 Å². The second-order valence-electron chi connectivity index (χ2n) is 14.3. The van der Waals surface area contributed by atoms with Crippen molar-refractivity contribution < 1.29 is 39.6 Å². The maximum Gasteiger partial charge on any atom is 0.416 e. The topological polar surface area (TPSA) is 82.6 Å². The first-order valence-corrected chi connectivity index (χ1v) is 19.3. The minimum Gasteiger partial charge on any atom is -0.337 e. The number of halogens is 6. The number of likely N-dealkylation sites (tertiary alicyclic amines) is 2. The zero-order valence-corrected chi connectivity index (χ0v) is 30.5. The van der Waals surface area contributed by atoms with Gasteiger partial charge in [0.25, 0.3) is 5.91 Å². The Morgan fingerprint density at radius 3 is 2.25 bits per heavy atom. The molecule has 2 aliphatic heterocycles. The third kappa shape index (κ3) is 8.24. The number of nitrogens with one attached hydrogen (secondary N) is 1. The summed E-state index contributed by atoms with van der Waals surface area (Å²) in [4.78, 5) is 23.6. The Morgan fingerprint density at radius 2 is 1.62 bits per heavy atom. The first-order chi connectivity index (χ1) is 24.9. The Morgan fingerprint density at radius 1 is 0.925 bits per heavy atom. The number of hydrogen-bond acceptors (Lipinski definition) is 6. The number of hydrogen-bond donors (Lipinski definition) is 1. The Balaban J connectivity index is 1.57. The molecule has 1 N–H and O–H groups in total. The Kier molecular flexibility index (Phi) is 11.0. The van der Waals surface area contributed by atoms with Gasteiger partial charge >= 0.3 is 12.4 Å². The fourth-order valence-electron chi connectivity index (χ4n) is 7.63. The number of piperidine rings is 1. The van der Waals surface area contributed by atoms with Crippen molar-refractivity contribution in [2.45, 2.75) is 81.2 Å². The van der Waals surface area contributed by atoms with Crippen LogP contribution in [0.25, 0.3) is 22.2 Å². The summed E-state index contributed by atoms with van der Waals surface area (Å²) in [5, 5.41) is 1.28. The molecule has 3 heterocycles. The minimum atomic E-state index is -4.93. The van der Waals surface area contributed by atoms with Crippen LogP contribution in [0.3, 0.4) is 0 Å². The highest BCUT2D eigenvalue weighted by Gasteiger charge is 2.43. The minimum absolute atomic E-state index is 0.00851. The molecule has 0 saturated carbocycles. The molecule has 2 aliphatic rings. The van der Waals surface area contributed by atoms with E-state index in [0.29, 0.717) is 19.1 Å². The highest BCUT2D eigenvalue weighted by atomic mass is 32.2. The van der Waals surface area contributed by atoms with Gasteiger partial charge < -0.3 is 10.2 Å². The van der Waals surface area contributed by atoms with Crippen molar-refractivity contribution >= 4 is 26.6 Å². The predicted molar refractivity (Wildman–Crippen MR) is 191 cm³/mol. The van der Waals surface area contributed by atoms with E-state index >= 15 is 0 Å². The fraction of sp³-hybridized carbons (Fsp3) is 0.436. The van der Waals surface area contributed by atoms with Crippen molar-refractivity contribution in [1.82, 2.24) is 20.1 Å². The lowest BCUT2D eigenvalue weighted by atomic mass is 9.90. The zero-order valence-electron chi connectivity index (χ0n) is 29.6. The predicted octanol–water partition coefficient (Wildman–Crippen LogP) is 8.44. The van der Waals surface area contributed by atoms with Crippen LogP contribution in [-0.2, 0) is 22.6 Å². The van der Waals surface area contributed by atoms with E-state index < -0.39 is 45.0 Å². The molecule has 284 valence electrons. The second-order valence-corrected chi connectivity index (χ2v) is 16.8. The van der Waals surface area contributed by atoms with Gasteiger partial charge in [0.15, 0.2) is 15.9 Å². The van der Waals surface area contributed by atoms with Crippen molar-refractivity contribution in [2.24, 2.45) is 5.92 Å². The van der Waals surface area contributed by atoms with E-state index in [4.69, 9.17) is 4.98 Å². The SMILES string of the molecule is CC1CN(Cc2c(-c3cccc(C(F)(F)F)c3)nc3ccc(S(=O)(=O)C(C)C)cc3c2C(=O)NC(c2ccccc2)C(F)(F)F)CCC1N1CCCC1. The molecule has 3 unspecified atom stereocenters. The lowest BCUT2D eigenvalue weighted by Gasteiger charge is -2.41. The number of carbonyl (C=O) groups is 1. The van der Waals surface area contributed by atoms with Crippen LogP contribution in [0.5, 0.6) is 0 Å². The van der Waals surface area contributed by atoms with Crippen LogP contribution in [0.4, 0.5) is 26.3 Å². The van der Waals surface area contributed by atoms with Crippen LogP contribution < -0.4 is 5.32 Å². The molecule has 3 atom stereocenters. The third-order valence-corrected chi connectivity index (χ3v) is 12.5. The van der Waals surface area contributed by atoms with Gasteiger partial charge in [-0.2, -0.15) is 26.3 Å². The van der Waals surface area contributed by atoms with Crippen LogP contribution in [-0.4, -0.2) is 72.8 Å². The number of aromatic nitrogens is 1. The van der Waals surface area contributed by atoms with E-state index in [1.54, 1.807) is 6.07 Å². The number of nitrogens with zero attached hydrogens (tertiary/aromatic N) is 3. The van der Waals surface area contributed by atoms with E-state index in [1.165, 1.54) is 68.4 Å². The highest BCUT2D eigenvalue weighted by Crippen LogP contribution is 2.39. The summed E-state index contributed by atoms with van der Waals surface area (Å²) < 4.78 is 113. The summed E-state index contributed by atoms with van der Waals surface area (Å²) in [6, 6.07) is 13.0. The standard InChI is InChI=1S/C39H42F6N4O3S/c1-24(2)53(51,52)29-14-15-32-30(21-29)34(37(50)47-36(39(43,44)45)26-10-5-4-6-11-26)31(35(46-32)27-12-9-13-28(20-27)38(40,41)42)23-48-19-16-33(25(3)22-48)49-17-7-8-18-49/h4-6,9-15,20-21,24-25,33,36H,7-8,16-19,22-23H2,1-3H3,(H,47,50). The molecule has 6 rings (SSSR count). The maximum absolute atomic E-state index is 14.7. The zero-order chi connectivity index (χ0) is 38.3. The summed E-state index contributed by atoms with van der Waals surface area (Å²) in [6.07, 6.45) is -6.63. The van der Waals surface area contributed by atoms with Gasteiger partial charge in [-0.25, -0.2) is 13.4 Å². The van der Waals surface area contributed by atoms with Gasteiger partial charge in [0.1, 0.15) is 0 Å². The summed E-state index contributed by atoms with van der Waals surface area (Å²) in [6.45, 7) is 8.16. The second kappa shape index (κ2) is 15.0. The summed E-state index contributed by atoms with van der Waals surface area (Å²) in [7, 11) is -3.93. The number of alkyl halides is 6. The molecule has 0 radical (unpaired) electrons. The van der Waals surface area contributed by atoms with Gasteiger partial charge in [-0.1, -0.05) is 49.4 Å². The van der Waals surface area contributed by atoms with Gasteiger partial charge in [-0.05, 0) is 94.6 Å². The average Bonchev–Trinajstić information content (AvgIpc) is 3.64. The van der Waals surface area contributed by atoms with E-state index in [0.717, 1.165) is 44.5 Å². The van der Waals surface area contributed by atoms with Gasteiger partial charge in [-0.15, -0.1) is 0 Å². The molecule has 1 amide bonds. The lowest BCUT2D eigenvalue weighted by Crippen LogP contribution is -2.49. The molecule has 7 nitrogen and oxygen atoms in total. The van der Waals surface area contributed by atoms with Crippen molar-refractivity contribution in [3.63, 3.8) is 0 Å². The molecule has 0 spiro atoms. The number of amides is 1. The van der Waals surface area contributed by atoms with Crippen LogP contribution in [0, 0.1) is 5.92 Å². The largest absolute Gasteiger partial charge is 0.416 e. The van der Waals surface area contributed by atoms with E-state index in [2.05, 4.69) is 17.1 Å². The molecular formula is C39H42F6N4O3S. The number of fused-ring (bicyclic) bond motifs is 1. The molecule has 2 saturated heterocycles. The number of benzene rings is 3. The smallest absolute Gasteiger partial charge is 0.337 e. The molecule has 53 heavy (non-hydrogen) atoms. The van der Waals surface area contributed by atoms with Crippen molar-refractivity contribution in [3.8, 4) is 11.3 Å². The maximum atomic E-state index is 14.7. The number of sulfone groups is 1. The van der Waals surface area contributed by atoms with E-state index in [1.807, 2.05) is 4.90 Å². The Bertz CT molecular complexity index is 2070. The quantitative estimate of drug-likeness (QED) is 0.173. The normalized spacial score (nSPS) is 19.9. The van der Waals surface area contributed by atoms with E-state index in [-0.39, 0.29) is 56.2 Å². The van der Waals surface area contributed by atoms with Gasteiger partial charge in [0.05, 0.1) is 32.5 Å². The van der Waals surface area contributed by atoms with Crippen molar-refractivity contribution in [1.29, 1.82) is 0 Å². The monoisotopic (exact) mass is 760 g/mol. The first-order valence-electron chi connectivity index (χ1n) is 17.7. The van der Waals surface area contributed by atoms with Crippen molar-refractivity contribution in [2.75, 3.05) is 26.2 Å². The van der Waals surface area contributed by atoms with Crippen LogP contribution in [0.2, 0.25) is 0 Å². The summed E-state index contributed by atoms with van der Waals surface area (Å²) in [5.74, 6) is -0.981. The Labute approximate surface area is 305 Å². The number of carbonyl (C=O) groups excluding carboxylic acids is 1. The van der Waals surface area contributed by atoms with Gasteiger partial charge in [0.2, 0.25) is 0 Å². The molecule has 0 bridgehead atoms. The molecular weight excluding hydrogens is 719 g/mol. The van der Waals surface area contributed by atoms with Crippen LogP contribution >= 0.6 is 0 Å². The van der Waals surface area contributed by atoms with Crippen LogP contribution in [0.1, 0.15) is 73.1 Å². The molecule has 14 heteroatoms. The molecule has 4 aromatic rings. The summed E-state index contributed by atoms with van der Waals surface area (Å²) in [5.41, 5.74) is -1.32. The fourth-order valence-corrected chi connectivity index (χ4v) is 8.72. The lowest BCUT2D eigenvalue weighted by molar-refractivity contribution is -0.155. The van der Waals surface area contributed by atoms with Crippen LogP contribution in [0.15, 0.2) is 77.7 Å². The summed E-state index contributed by atoms with van der Waals surface area (Å²) >= 11 is 0. The Hall–Kier alpha value is -4.01. The van der Waals surface area contributed by atoms with Gasteiger partial charge in [-0.3, -0.25) is 9.69 Å². The van der Waals surface area contributed by atoms with Crippen molar-refractivity contribution in [3.05, 3.63) is 95.1 Å². The average molecular weight is 761 g/mol. The highest BCUT2D eigenvalue weighted by molar-refractivity contribution is 7.92. The molecule has 0 aliphatic carbocycles. The third-order valence-electron chi connectivity index (χ3n) is 10.4. The first kappa shape index (κ1) is 38.7. The molecule has 1 aromatic heterocycles. The number of rotatable bonds is 9. The molecule has 2 fully saturated rings. The number of pyridine rings is 1.